The van der Waals surface area contributed by atoms with Crippen LogP contribution in [0.25, 0.3) is 0 Å². The molecule has 6 heteroatoms. The van der Waals surface area contributed by atoms with Gasteiger partial charge in [-0.3, -0.25) is 4.79 Å². The van der Waals surface area contributed by atoms with Crippen molar-refractivity contribution in [3.63, 3.8) is 0 Å². The molecule has 2 heterocycles. The van der Waals surface area contributed by atoms with Gasteiger partial charge in [0.15, 0.2) is 12.4 Å². The maximum atomic E-state index is 11.8. The SMILES string of the molecule is Cc1ccccc1OCC(=O)NCc1nnc2n1CCC2. The molecule has 0 bridgehead atoms. The van der Waals surface area contributed by atoms with E-state index >= 15 is 0 Å². The van der Waals surface area contributed by atoms with Gasteiger partial charge in [0.25, 0.3) is 5.91 Å². The first-order valence-corrected chi connectivity index (χ1v) is 7.10. The highest BCUT2D eigenvalue weighted by molar-refractivity contribution is 5.77. The summed E-state index contributed by atoms with van der Waals surface area (Å²) in [7, 11) is 0. The van der Waals surface area contributed by atoms with E-state index < -0.39 is 0 Å². The number of rotatable bonds is 5. The minimum Gasteiger partial charge on any atom is -0.484 e. The van der Waals surface area contributed by atoms with Crippen molar-refractivity contribution in [3.8, 4) is 5.75 Å². The van der Waals surface area contributed by atoms with E-state index in [9.17, 15) is 4.79 Å². The summed E-state index contributed by atoms with van der Waals surface area (Å²) in [5, 5.41) is 11.0. The summed E-state index contributed by atoms with van der Waals surface area (Å²) in [6, 6.07) is 7.63. The fourth-order valence-corrected chi connectivity index (χ4v) is 2.43. The van der Waals surface area contributed by atoms with Crippen LogP contribution in [0.5, 0.6) is 5.75 Å². The van der Waals surface area contributed by atoms with E-state index in [1.54, 1.807) is 0 Å². The third-order valence-corrected chi connectivity index (χ3v) is 3.58. The van der Waals surface area contributed by atoms with Gasteiger partial charge >= 0.3 is 0 Å². The van der Waals surface area contributed by atoms with Gasteiger partial charge in [-0.1, -0.05) is 18.2 Å². The molecule has 1 amide bonds. The minimum absolute atomic E-state index is 0.00580. The van der Waals surface area contributed by atoms with Crippen LogP contribution in [0, 0.1) is 6.92 Å². The molecule has 0 saturated heterocycles. The molecule has 0 atom stereocenters. The van der Waals surface area contributed by atoms with Crippen LogP contribution < -0.4 is 10.1 Å². The first-order valence-electron chi connectivity index (χ1n) is 7.10. The molecule has 1 aromatic carbocycles. The zero-order valence-electron chi connectivity index (χ0n) is 12.0. The van der Waals surface area contributed by atoms with Crippen LogP contribution in [0.15, 0.2) is 24.3 Å². The number of amides is 1. The van der Waals surface area contributed by atoms with E-state index in [0.717, 1.165) is 42.3 Å². The first kappa shape index (κ1) is 13.6. The van der Waals surface area contributed by atoms with Crippen LogP contribution in [-0.4, -0.2) is 27.3 Å². The Hall–Kier alpha value is -2.37. The fraction of sp³-hybridized carbons (Fsp3) is 0.400. The van der Waals surface area contributed by atoms with E-state index in [1.165, 1.54) is 0 Å². The monoisotopic (exact) mass is 286 g/mol. The highest BCUT2D eigenvalue weighted by Gasteiger charge is 2.17. The van der Waals surface area contributed by atoms with Crippen LogP contribution in [-0.2, 0) is 24.3 Å². The van der Waals surface area contributed by atoms with E-state index in [-0.39, 0.29) is 12.5 Å². The summed E-state index contributed by atoms with van der Waals surface area (Å²) in [6.45, 7) is 3.29. The van der Waals surface area contributed by atoms with Gasteiger partial charge in [-0.2, -0.15) is 0 Å². The number of aromatic nitrogens is 3. The summed E-state index contributed by atoms with van der Waals surface area (Å²) >= 11 is 0. The molecule has 1 aliphatic heterocycles. The van der Waals surface area contributed by atoms with Gasteiger partial charge in [-0.25, -0.2) is 0 Å². The number of nitrogens with zero attached hydrogens (tertiary/aromatic N) is 3. The summed E-state index contributed by atoms with van der Waals surface area (Å²) in [6.07, 6.45) is 2.07. The van der Waals surface area contributed by atoms with Crippen LogP contribution in [0.3, 0.4) is 0 Å². The smallest absolute Gasteiger partial charge is 0.258 e. The van der Waals surface area contributed by atoms with Crippen LogP contribution in [0.1, 0.15) is 23.6 Å². The summed E-state index contributed by atoms with van der Waals surface area (Å²) in [4.78, 5) is 11.8. The van der Waals surface area contributed by atoms with Gasteiger partial charge in [-0.15, -0.1) is 10.2 Å². The molecule has 1 aliphatic rings. The van der Waals surface area contributed by atoms with Gasteiger partial charge in [-0.05, 0) is 25.0 Å². The Bertz CT molecular complexity index is 651. The summed E-state index contributed by atoms with van der Waals surface area (Å²) in [5.74, 6) is 2.40. The van der Waals surface area contributed by atoms with Gasteiger partial charge in [0.1, 0.15) is 11.6 Å². The Labute approximate surface area is 123 Å². The average molecular weight is 286 g/mol. The third-order valence-electron chi connectivity index (χ3n) is 3.58. The van der Waals surface area contributed by atoms with Crippen molar-refractivity contribution in [2.75, 3.05) is 6.61 Å². The standard InChI is InChI=1S/C15H18N4O2/c1-11-5-2-3-6-12(11)21-10-15(20)16-9-14-18-17-13-7-4-8-19(13)14/h2-3,5-6H,4,7-10H2,1H3,(H,16,20). The molecule has 0 fully saturated rings. The normalized spacial score (nSPS) is 13.0. The lowest BCUT2D eigenvalue weighted by Crippen LogP contribution is -2.29. The number of para-hydroxylation sites is 1. The predicted octanol–water partition coefficient (Wildman–Crippen LogP) is 1.23. The predicted molar refractivity (Wildman–Crippen MR) is 76.9 cm³/mol. The molecule has 110 valence electrons. The van der Waals surface area contributed by atoms with Gasteiger partial charge < -0.3 is 14.6 Å². The fourth-order valence-electron chi connectivity index (χ4n) is 2.43. The molecular weight excluding hydrogens is 268 g/mol. The maximum Gasteiger partial charge on any atom is 0.258 e. The Kier molecular flexibility index (Phi) is 3.85. The number of aryl methyl sites for hydroxylation is 2. The van der Waals surface area contributed by atoms with Crippen molar-refractivity contribution in [1.82, 2.24) is 20.1 Å². The van der Waals surface area contributed by atoms with Crippen molar-refractivity contribution in [2.24, 2.45) is 0 Å². The summed E-state index contributed by atoms with van der Waals surface area (Å²) < 4.78 is 7.58. The number of ether oxygens (including phenoxy) is 1. The Morgan fingerprint density at radius 2 is 2.24 bits per heavy atom. The van der Waals surface area contributed by atoms with Crippen LogP contribution in [0.2, 0.25) is 0 Å². The Morgan fingerprint density at radius 3 is 3.10 bits per heavy atom. The second-order valence-electron chi connectivity index (χ2n) is 5.12. The summed E-state index contributed by atoms with van der Waals surface area (Å²) in [5.41, 5.74) is 1.01. The maximum absolute atomic E-state index is 11.8. The quantitative estimate of drug-likeness (QED) is 0.897. The second-order valence-corrected chi connectivity index (χ2v) is 5.12. The zero-order valence-corrected chi connectivity index (χ0v) is 12.0. The van der Waals surface area contributed by atoms with Gasteiger partial charge in [0.2, 0.25) is 0 Å². The van der Waals surface area contributed by atoms with Gasteiger partial charge in [0, 0.05) is 13.0 Å². The van der Waals surface area contributed by atoms with E-state index in [4.69, 9.17) is 4.74 Å². The molecule has 0 spiro atoms. The first-order chi connectivity index (χ1) is 10.2. The molecule has 0 aliphatic carbocycles. The zero-order chi connectivity index (χ0) is 14.7. The lowest BCUT2D eigenvalue weighted by molar-refractivity contribution is -0.123. The van der Waals surface area contributed by atoms with Crippen molar-refractivity contribution in [3.05, 3.63) is 41.5 Å². The minimum atomic E-state index is -0.159. The number of benzene rings is 1. The number of hydrogen-bond acceptors (Lipinski definition) is 4. The van der Waals surface area contributed by atoms with Crippen LogP contribution in [0.4, 0.5) is 0 Å². The molecule has 1 aromatic heterocycles. The van der Waals surface area contributed by atoms with Crippen molar-refractivity contribution >= 4 is 5.91 Å². The van der Waals surface area contributed by atoms with Crippen molar-refractivity contribution in [2.45, 2.75) is 32.9 Å². The highest BCUT2D eigenvalue weighted by Crippen LogP contribution is 2.16. The highest BCUT2D eigenvalue weighted by atomic mass is 16.5. The van der Waals surface area contributed by atoms with Gasteiger partial charge in [0.05, 0.1) is 6.54 Å². The van der Waals surface area contributed by atoms with Crippen molar-refractivity contribution in [1.29, 1.82) is 0 Å². The molecule has 6 nitrogen and oxygen atoms in total. The molecule has 0 radical (unpaired) electrons. The number of nitrogens with one attached hydrogen (secondary N) is 1. The number of fused-ring (bicyclic) bond motifs is 1. The molecule has 3 rings (SSSR count). The molecule has 1 N–H and O–H groups in total. The van der Waals surface area contributed by atoms with E-state index in [1.807, 2.05) is 31.2 Å². The van der Waals surface area contributed by atoms with Crippen molar-refractivity contribution < 1.29 is 9.53 Å². The second kappa shape index (κ2) is 5.95. The van der Waals surface area contributed by atoms with E-state index in [2.05, 4.69) is 20.1 Å². The molecule has 0 saturated carbocycles. The number of carbonyl (C=O) groups excluding carboxylic acids is 1. The molecule has 0 unspecified atom stereocenters. The third kappa shape index (κ3) is 3.04. The number of hydrogen-bond donors (Lipinski definition) is 1. The Morgan fingerprint density at radius 1 is 1.38 bits per heavy atom. The topological polar surface area (TPSA) is 69.0 Å². The Balaban J connectivity index is 1.49. The molecule has 21 heavy (non-hydrogen) atoms. The largest absolute Gasteiger partial charge is 0.484 e. The van der Waals surface area contributed by atoms with E-state index in [0.29, 0.717) is 6.54 Å². The average Bonchev–Trinajstić information content (AvgIpc) is 3.08. The lowest BCUT2D eigenvalue weighted by Gasteiger charge is -2.09. The molecular formula is C15H18N4O2. The number of carbonyl (C=O) groups is 1. The molecule has 2 aromatic rings. The lowest BCUT2D eigenvalue weighted by atomic mass is 10.2. The van der Waals surface area contributed by atoms with Crippen LogP contribution >= 0.6 is 0 Å².